The molecule has 0 saturated carbocycles. The summed E-state index contributed by atoms with van der Waals surface area (Å²) in [6, 6.07) is 7.42. The van der Waals surface area contributed by atoms with Gasteiger partial charge in [-0.05, 0) is 40.1 Å². The summed E-state index contributed by atoms with van der Waals surface area (Å²) < 4.78 is 17.4. The molecule has 2 aromatic rings. The molecule has 7 nitrogen and oxygen atoms in total. The van der Waals surface area contributed by atoms with Crippen LogP contribution in [-0.2, 0) is 9.31 Å². The molecule has 0 spiro atoms. The van der Waals surface area contributed by atoms with Crippen LogP contribution in [0.25, 0.3) is 11.3 Å². The van der Waals surface area contributed by atoms with Gasteiger partial charge in [0.1, 0.15) is 11.4 Å². The van der Waals surface area contributed by atoms with Gasteiger partial charge in [-0.15, -0.1) is 0 Å². The molecule has 1 aliphatic heterocycles. The predicted octanol–water partition coefficient (Wildman–Crippen LogP) is 3.04. The molecule has 1 aromatic carbocycles. The van der Waals surface area contributed by atoms with Crippen LogP contribution < -0.4 is 10.8 Å². The van der Waals surface area contributed by atoms with Gasteiger partial charge in [0.2, 0.25) is 0 Å². The first kappa shape index (κ1) is 17.5. The summed E-state index contributed by atoms with van der Waals surface area (Å²) in [6.07, 6.45) is -1.17. The van der Waals surface area contributed by atoms with Crippen molar-refractivity contribution in [2.75, 3.05) is 5.32 Å². The summed E-state index contributed by atoms with van der Waals surface area (Å²) in [4.78, 5) is 11.0. The van der Waals surface area contributed by atoms with E-state index in [1.165, 1.54) is 0 Å². The van der Waals surface area contributed by atoms with Gasteiger partial charge in [0.25, 0.3) is 0 Å². The fraction of sp³-hybridized carbons (Fsp3) is 0.412. The minimum atomic E-state index is -1.17. The maximum Gasteiger partial charge on any atom is 0.494 e. The number of carbonyl (C=O) groups is 1. The van der Waals surface area contributed by atoms with E-state index >= 15 is 0 Å². The molecule has 0 atom stereocenters. The molecule has 2 heterocycles. The SMILES string of the molecule is Cc1noc(-c2cccc(B3OC(C)(C)C(C)(C)O3)c2)c1NC(=O)O. The molecule has 1 aromatic heterocycles. The van der Waals surface area contributed by atoms with Crippen molar-refractivity contribution < 1.29 is 23.7 Å². The van der Waals surface area contributed by atoms with Gasteiger partial charge in [-0.2, -0.15) is 0 Å². The van der Waals surface area contributed by atoms with Crippen molar-refractivity contribution in [3.63, 3.8) is 0 Å². The van der Waals surface area contributed by atoms with Crippen LogP contribution in [0, 0.1) is 6.92 Å². The molecule has 3 rings (SSSR count). The Balaban J connectivity index is 1.95. The van der Waals surface area contributed by atoms with Gasteiger partial charge in [0.15, 0.2) is 5.76 Å². The van der Waals surface area contributed by atoms with Crippen molar-refractivity contribution in [3.05, 3.63) is 30.0 Å². The van der Waals surface area contributed by atoms with Crippen LogP contribution in [0.3, 0.4) is 0 Å². The molecule has 0 aliphatic carbocycles. The second-order valence-corrected chi connectivity index (χ2v) is 7.12. The van der Waals surface area contributed by atoms with Crippen LogP contribution in [0.5, 0.6) is 0 Å². The predicted molar refractivity (Wildman–Crippen MR) is 94.0 cm³/mol. The van der Waals surface area contributed by atoms with Crippen LogP contribution in [0.4, 0.5) is 10.5 Å². The maximum absolute atomic E-state index is 11.0. The molecule has 1 aliphatic rings. The summed E-state index contributed by atoms with van der Waals surface area (Å²) >= 11 is 0. The zero-order valence-electron chi connectivity index (χ0n) is 14.9. The van der Waals surface area contributed by atoms with Crippen molar-refractivity contribution in [3.8, 4) is 11.3 Å². The fourth-order valence-corrected chi connectivity index (χ4v) is 2.63. The minimum absolute atomic E-state index is 0.332. The Morgan fingerprint density at radius 1 is 1.20 bits per heavy atom. The largest absolute Gasteiger partial charge is 0.494 e. The summed E-state index contributed by atoms with van der Waals surface area (Å²) in [5.41, 5.74) is 1.44. The number of nitrogens with zero attached hydrogens (tertiary/aromatic N) is 1. The summed E-state index contributed by atoms with van der Waals surface area (Å²) in [6.45, 7) is 9.64. The lowest BCUT2D eigenvalue weighted by molar-refractivity contribution is 0.00578. The quantitative estimate of drug-likeness (QED) is 0.832. The van der Waals surface area contributed by atoms with Crippen molar-refractivity contribution >= 4 is 24.4 Å². The van der Waals surface area contributed by atoms with Crippen molar-refractivity contribution in [2.45, 2.75) is 45.8 Å². The molecular formula is C17H21BN2O5. The first-order valence-electron chi connectivity index (χ1n) is 8.03. The Hall–Kier alpha value is -2.32. The minimum Gasteiger partial charge on any atom is -0.465 e. The van der Waals surface area contributed by atoms with Crippen LogP contribution in [-0.4, -0.2) is 34.7 Å². The van der Waals surface area contributed by atoms with Gasteiger partial charge in [-0.25, -0.2) is 4.79 Å². The van der Waals surface area contributed by atoms with Gasteiger partial charge in [0.05, 0.1) is 11.2 Å². The van der Waals surface area contributed by atoms with Crippen molar-refractivity contribution in [2.24, 2.45) is 0 Å². The second-order valence-electron chi connectivity index (χ2n) is 7.12. The Morgan fingerprint density at radius 3 is 2.44 bits per heavy atom. The Labute approximate surface area is 146 Å². The molecule has 25 heavy (non-hydrogen) atoms. The number of amides is 1. The highest BCUT2D eigenvalue weighted by Gasteiger charge is 2.51. The summed E-state index contributed by atoms with van der Waals surface area (Å²) in [7, 11) is -0.509. The van der Waals surface area contributed by atoms with E-state index in [9.17, 15) is 4.79 Å². The molecule has 2 N–H and O–H groups in total. The first-order valence-corrected chi connectivity index (χ1v) is 8.03. The number of anilines is 1. The number of benzene rings is 1. The van der Waals surface area contributed by atoms with E-state index in [0.717, 1.165) is 5.46 Å². The first-order chi connectivity index (χ1) is 11.6. The zero-order chi connectivity index (χ0) is 18.4. The average molecular weight is 344 g/mol. The van der Waals surface area contributed by atoms with Gasteiger partial charge in [-0.1, -0.05) is 29.4 Å². The summed E-state index contributed by atoms with van der Waals surface area (Å²) in [5.74, 6) is 0.360. The lowest BCUT2D eigenvalue weighted by Crippen LogP contribution is -2.41. The van der Waals surface area contributed by atoms with Gasteiger partial charge >= 0.3 is 13.2 Å². The highest BCUT2D eigenvalue weighted by atomic mass is 16.7. The number of aromatic nitrogens is 1. The third kappa shape index (κ3) is 3.15. The van der Waals surface area contributed by atoms with Gasteiger partial charge in [-0.3, -0.25) is 5.32 Å². The molecule has 0 radical (unpaired) electrons. The van der Waals surface area contributed by atoms with Crippen LogP contribution >= 0.6 is 0 Å². The Kier molecular flexibility index (Phi) is 4.13. The molecule has 8 heteroatoms. The summed E-state index contributed by atoms with van der Waals surface area (Å²) in [5, 5.41) is 15.2. The van der Waals surface area contributed by atoms with E-state index in [1.54, 1.807) is 6.92 Å². The number of hydrogen-bond acceptors (Lipinski definition) is 5. The number of aryl methyl sites for hydroxylation is 1. The monoisotopic (exact) mass is 344 g/mol. The van der Waals surface area contributed by atoms with E-state index < -0.39 is 24.4 Å². The highest BCUT2D eigenvalue weighted by Crippen LogP contribution is 2.37. The van der Waals surface area contributed by atoms with Crippen LogP contribution in [0.15, 0.2) is 28.8 Å². The molecular weight excluding hydrogens is 323 g/mol. The fourth-order valence-electron chi connectivity index (χ4n) is 2.63. The molecule has 132 valence electrons. The number of nitrogens with one attached hydrogen (secondary N) is 1. The van der Waals surface area contributed by atoms with Crippen molar-refractivity contribution in [1.29, 1.82) is 0 Å². The molecule has 0 bridgehead atoms. The van der Waals surface area contributed by atoms with Crippen molar-refractivity contribution in [1.82, 2.24) is 5.16 Å². The molecule has 1 amide bonds. The van der Waals surface area contributed by atoms with E-state index in [-0.39, 0.29) is 0 Å². The Bertz CT molecular complexity index is 799. The average Bonchev–Trinajstić information content (AvgIpc) is 2.96. The standard InChI is InChI=1S/C17H21BN2O5/c1-10-13(19-15(21)22)14(23-20-10)11-7-6-8-12(9-11)18-24-16(2,3)17(4,5)25-18/h6-9,19H,1-5H3,(H,21,22). The number of carboxylic acid groups (broad SMARTS) is 1. The molecule has 1 fully saturated rings. The van der Waals surface area contributed by atoms with Gasteiger partial charge < -0.3 is 18.9 Å². The van der Waals surface area contributed by atoms with E-state index in [4.69, 9.17) is 18.9 Å². The third-order valence-electron chi connectivity index (χ3n) is 4.77. The van der Waals surface area contributed by atoms with Gasteiger partial charge in [0, 0.05) is 5.56 Å². The van der Waals surface area contributed by atoms with Crippen LogP contribution in [0.2, 0.25) is 0 Å². The lowest BCUT2D eigenvalue weighted by atomic mass is 9.78. The Morgan fingerprint density at radius 2 is 1.84 bits per heavy atom. The lowest BCUT2D eigenvalue weighted by Gasteiger charge is -2.32. The topological polar surface area (TPSA) is 93.8 Å². The molecule has 0 unspecified atom stereocenters. The normalized spacial score (nSPS) is 18.4. The maximum atomic E-state index is 11.0. The smallest absolute Gasteiger partial charge is 0.465 e. The third-order valence-corrected chi connectivity index (χ3v) is 4.77. The molecule has 1 saturated heterocycles. The van der Waals surface area contributed by atoms with E-state index in [0.29, 0.717) is 22.7 Å². The highest BCUT2D eigenvalue weighted by molar-refractivity contribution is 6.62. The number of rotatable bonds is 3. The van der Waals surface area contributed by atoms with E-state index in [1.807, 2.05) is 52.0 Å². The van der Waals surface area contributed by atoms with E-state index in [2.05, 4.69) is 10.5 Å². The second kappa shape index (κ2) is 5.89. The zero-order valence-corrected chi connectivity index (χ0v) is 14.9. The number of hydrogen-bond donors (Lipinski definition) is 2. The van der Waals surface area contributed by atoms with Crippen LogP contribution in [0.1, 0.15) is 33.4 Å².